The van der Waals surface area contributed by atoms with E-state index >= 15 is 0 Å². The summed E-state index contributed by atoms with van der Waals surface area (Å²) in [4.78, 5) is 23.8. The highest BCUT2D eigenvalue weighted by atomic mass is 16.4. The molecule has 2 N–H and O–H groups in total. The van der Waals surface area contributed by atoms with Crippen LogP contribution >= 0.6 is 0 Å². The number of hydrogen-bond donors (Lipinski definition) is 2. The van der Waals surface area contributed by atoms with E-state index in [4.69, 9.17) is 5.11 Å². The van der Waals surface area contributed by atoms with Gasteiger partial charge in [-0.3, -0.25) is 9.59 Å². The molecular weight excluding hydrogens is 304 g/mol. The number of carboxylic acids is 1. The lowest BCUT2D eigenvalue weighted by molar-refractivity contribution is -0.137. The summed E-state index contributed by atoms with van der Waals surface area (Å²) in [5.41, 5.74) is 3.08. The zero-order chi connectivity index (χ0) is 17.9. The van der Waals surface area contributed by atoms with Gasteiger partial charge in [0.05, 0.1) is 0 Å². The van der Waals surface area contributed by atoms with E-state index in [-0.39, 0.29) is 23.5 Å². The number of benzene rings is 1. The van der Waals surface area contributed by atoms with Crippen molar-refractivity contribution in [2.45, 2.75) is 39.5 Å². The third-order valence-corrected chi connectivity index (χ3v) is 4.52. The standard InChI is InChI=1S/C20H22O4/c1-12-11-17(21)19(14(3)20(24)13(12)2)16(9-10-18(22)23)15-7-5-4-6-8-15/h4-8,11,16,24H,9-10H2,1-3H3,(H,22,23). The largest absolute Gasteiger partial charge is 0.507 e. The van der Waals surface area contributed by atoms with Crippen LogP contribution < -0.4 is 5.43 Å². The van der Waals surface area contributed by atoms with Gasteiger partial charge in [-0.2, -0.15) is 0 Å². The van der Waals surface area contributed by atoms with Crippen LogP contribution in [0.15, 0.2) is 41.2 Å². The molecular formula is C20H22O4. The van der Waals surface area contributed by atoms with Gasteiger partial charge in [0.1, 0.15) is 5.75 Å². The summed E-state index contributed by atoms with van der Waals surface area (Å²) in [6.45, 7) is 5.28. The Labute approximate surface area is 141 Å². The topological polar surface area (TPSA) is 74.6 Å². The number of carboxylic acid groups (broad SMARTS) is 1. The zero-order valence-corrected chi connectivity index (χ0v) is 14.2. The van der Waals surface area contributed by atoms with Crippen LogP contribution in [0.1, 0.15) is 46.6 Å². The summed E-state index contributed by atoms with van der Waals surface area (Å²) in [5, 5.41) is 19.5. The maximum atomic E-state index is 12.8. The molecule has 0 saturated carbocycles. The molecule has 126 valence electrons. The number of aryl methyl sites for hydroxylation is 1. The van der Waals surface area contributed by atoms with Gasteiger partial charge in [0.25, 0.3) is 0 Å². The monoisotopic (exact) mass is 326 g/mol. The van der Waals surface area contributed by atoms with E-state index in [1.807, 2.05) is 30.3 Å². The van der Waals surface area contributed by atoms with Gasteiger partial charge in [-0.1, -0.05) is 30.3 Å². The smallest absolute Gasteiger partial charge is 0.303 e. The molecule has 2 aromatic carbocycles. The highest BCUT2D eigenvalue weighted by Gasteiger charge is 2.22. The maximum absolute atomic E-state index is 12.8. The van der Waals surface area contributed by atoms with Crippen molar-refractivity contribution in [3.05, 3.63) is 74.4 Å². The number of rotatable bonds is 5. The Morgan fingerprint density at radius 3 is 2.29 bits per heavy atom. The van der Waals surface area contributed by atoms with Crippen LogP contribution in [0.25, 0.3) is 0 Å². The summed E-state index contributed by atoms with van der Waals surface area (Å²) in [6, 6.07) is 10.9. The van der Waals surface area contributed by atoms with Crippen LogP contribution in [0, 0.1) is 20.8 Å². The molecule has 4 nitrogen and oxygen atoms in total. The summed E-state index contributed by atoms with van der Waals surface area (Å²) in [7, 11) is 0. The summed E-state index contributed by atoms with van der Waals surface area (Å²) in [5.74, 6) is -1.18. The average Bonchev–Trinajstić information content (AvgIpc) is 2.62. The molecule has 0 heterocycles. The lowest BCUT2D eigenvalue weighted by atomic mass is 9.85. The van der Waals surface area contributed by atoms with Gasteiger partial charge in [-0.05, 0) is 55.5 Å². The highest BCUT2D eigenvalue weighted by molar-refractivity contribution is 5.67. The lowest BCUT2D eigenvalue weighted by Gasteiger charge is -2.18. The van der Waals surface area contributed by atoms with Crippen molar-refractivity contribution < 1.29 is 15.0 Å². The molecule has 0 fully saturated rings. The molecule has 0 spiro atoms. The van der Waals surface area contributed by atoms with Crippen LogP contribution in [0.4, 0.5) is 0 Å². The fourth-order valence-electron chi connectivity index (χ4n) is 3.03. The number of hydrogen-bond acceptors (Lipinski definition) is 3. The fourth-order valence-corrected chi connectivity index (χ4v) is 3.03. The van der Waals surface area contributed by atoms with E-state index in [2.05, 4.69) is 0 Å². The van der Waals surface area contributed by atoms with E-state index in [0.29, 0.717) is 23.1 Å². The molecule has 1 unspecified atom stereocenters. The molecule has 0 aliphatic rings. The molecule has 0 bridgehead atoms. The van der Waals surface area contributed by atoms with Gasteiger partial charge >= 0.3 is 5.97 Å². The number of aromatic hydroxyl groups is 1. The second-order valence-corrected chi connectivity index (χ2v) is 6.10. The lowest BCUT2D eigenvalue weighted by Crippen LogP contribution is -2.15. The number of aliphatic carboxylic acids is 1. The fraction of sp³-hybridized carbons (Fsp3) is 0.300. The Hall–Kier alpha value is -2.62. The molecule has 24 heavy (non-hydrogen) atoms. The predicted octanol–water partition coefficient (Wildman–Crippen LogP) is 3.67. The first-order chi connectivity index (χ1) is 11.3. The van der Waals surface area contributed by atoms with E-state index in [0.717, 1.165) is 11.1 Å². The molecule has 0 aliphatic carbocycles. The Kier molecular flexibility index (Phi) is 5.39. The Balaban J connectivity index is 2.71. The SMILES string of the molecule is Cc1cc(=O)c(C(CCC(=O)O)c2ccccc2)c(C)c(O)c1C. The van der Waals surface area contributed by atoms with Gasteiger partial charge in [0.15, 0.2) is 5.43 Å². The second kappa shape index (κ2) is 7.30. The molecule has 4 heteroatoms. The van der Waals surface area contributed by atoms with Crippen molar-refractivity contribution in [3.63, 3.8) is 0 Å². The Morgan fingerprint density at radius 2 is 1.71 bits per heavy atom. The first kappa shape index (κ1) is 17.7. The number of carbonyl (C=O) groups is 1. The van der Waals surface area contributed by atoms with Crippen LogP contribution in [0.2, 0.25) is 0 Å². The maximum Gasteiger partial charge on any atom is 0.303 e. The third-order valence-electron chi connectivity index (χ3n) is 4.52. The van der Waals surface area contributed by atoms with Gasteiger partial charge in [0, 0.05) is 17.9 Å². The van der Waals surface area contributed by atoms with Crippen LogP contribution in [0.5, 0.6) is 5.75 Å². The average molecular weight is 326 g/mol. The van der Waals surface area contributed by atoms with Gasteiger partial charge in [0.2, 0.25) is 0 Å². The quantitative estimate of drug-likeness (QED) is 0.879. The summed E-state index contributed by atoms with van der Waals surface area (Å²) in [6.07, 6.45) is 0.257. The van der Waals surface area contributed by atoms with E-state index in [1.165, 1.54) is 6.07 Å². The van der Waals surface area contributed by atoms with Crippen molar-refractivity contribution in [1.82, 2.24) is 0 Å². The van der Waals surface area contributed by atoms with Crippen molar-refractivity contribution in [1.29, 1.82) is 0 Å². The predicted molar refractivity (Wildman–Crippen MR) is 93.7 cm³/mol. The van der Waals surface area contributed by atoms with E-state index < -0.39 is 5.97 Å². The third kappa shape index (κ3) is 3.65. The molecule has 2 rings (SSSR count). The summed E-state index contributed by atoms with van der Waals surface area (Å²) < 4.78 is 0. The summed E-state index contributed by atoms with van der Waals surface area (Å²) >= 11 is 0. The minimum atomic E-state index is -0.905. The van der Waals surface area contributed by atoms with E-state index in [9.17, 15) is 14.7 Å². The normalized spacial score (nSPS) is 12.0. The van der Waals surface area contributed by atoms with E-state index in [1.54, 1.807) is 20.8 Å². The molecule has 1 atom stereocenters. The van der Waals surface area contributed by atoms with Crippen molar-refractivity contribution in [2.75, 3.05) is 0 Å². The molecule has 0 amide bonds. The molecule has 0 radical (unpaired) electrons. The van der Waals surface area contributed by atoms with Crippen molar-refractivity contribution in [3.8, 4) is 5.75 Å². The van der Waals surface area contributed by atoms with Crippen molar-refractivity contribution >= 4 is 5.97 Å². The highest BCUT2D eigenvalue weighted by Crippen LogP contribution is 2.33. The molecule has 0 aliphatic heterocycles. The molecule has 2 aromatic rings. The first-order valence-electron chi connectivity index (χ1n) is 7.93. The Bertz CT molecular complexity index is 810. The minimum absolute atomic E-state index is 0.0459. The van der Waals surface area contributed by atoms with Gasteiger partial charge < -0.3 is 10.2 Å². The molecule has 0 aromatic heterocycles. The second-order valence-electron chi connectivity index (χ2n) is 6.10. The van der Waals surface area contributed by atoms with Crippen LogP contribution in [0.3, 0.4) is 0 Å². The van der Waals surface area contributed by atoms with Gasteiger partial charge in [-0.25, -0.2) is 0 Å². The van der Waals surface area contributed by atoms with Crippen LogP contribution in [-0.2, 0) is 4.79 Å². The minimum Gasteiger partial charge on any atom is -0.507 e. The van der Waals surface area contributed by atoms with Gasteiger partial charge in [-0.15, -0.1) is 0 Å². The first-order valence-corrected chi connectivity index (χ1v) is 7.93. The Morgan fingerprint density at radius 1 is 1.08 bits per heavy atom. The molecule has 0 saturated heterocycles. The van der Waals surface area contributed by atoms with Crippen molar-refractivity contribution in [2.24, 2.45) is 0 Å². The van der Waals surface area contributed by atoms with Crippen LogP contribution in [-0.4, -0.2) is 16.2 Å². The zero-order valence-electron chi connectivity index (χ0n) is 14.2.